The average Bonchev–Trinajstić information content (AvgIpc) is 3.26. The fourth-order valence-corrected chi connectivity index (χ4v) is 3.22. The lowest BCUT2D eigenvalue weighted by Crippen LogP contribution is -2.30. The Hall–Kier alpha value is -3.40. The minimum Gasteiger partial charge on any atom is -0.252 e. The molecule has 0 amide bonds. The molecule has 0 bridgehead atoms. The van der Waals surface area contributed by atoms with E-state index in [1.807, 2.05) is 0 Å². The van der Waals surface area contributed by atoms with Crippen molar-refractivity contribution in [1.82, 2.24) is 30.2 Å². The van der Waals surface area contributed by atoms with Gasteiger partial charge in [-0.3, -0.25) is 9.97 Å². The van der Waals surface area contributed by atoms with E-state index in [0.29, 0.717) is 22.3 Å². The first kappa shape index (κ1) is 20.9. The van der Waals surface area contributed by atoms with E-state index in [9.17, 15) is 8.78 Å². The van der Waals surface area contributed by atoms with Gasteiger partial charge in [-0.25, -0.2) is 13.5 Å². The number of halogens is 5. The summed E-state index contributed by atoms with van der Waals surface area (Å²) in [5.74, 6) is -7.43. The Morgan fingerprint density at radius 2 is 1.77 bits per heavy atom. The van der Waals surface area contributed by atoms with Crippen LogP contribution >= 0.6 is 11.6 Å². The molecule has 2 aromatic carbocycles. The molecule has 4 aromatic rings. The van der Waals surface area contributed by atoms with Gasteiger partial charge in [-0.1, -0.05) is 29.8 Å². The normalized spacial score (nSPS) is 12.7. The van der Waals surface area contributed by atoms with Crippen LogP contribution < -0.4 is 0 Å². The summed E-state index contributed by atoms with van der Waals surface area (Å²) in [6.07, 6.45) is 3.25. The summed E-state index contributed by atoms with van der Waals surface area (Å²) in [6, 6.07) is 9.07. The average molecular weight is 449 g/mol. The summed E-state index contributed by atoms with van der Waals surface area (Å²) in [5.41, 5.74) is -0.0692. The van der Waals surface area contributed by atoms with Crippen LogP contribution in [0.1, 0.15) is 17.2 Å². The highest BCUT2D eigenvalue weighted by molar-refractivity contribution is 6.30. The van der Waals surface area contributed by atoms with Crippen LogP contribution in [0.4, 0.5) is 17.6 Å². The van der Waals surface area contributed by atoms with Crippen LogP contribution in [0.2, 0.25) is 5.02 Å². The topological polar surface area (TPSA) is 69.4 Å². The largest absolute Gasteiger partial charge is 0.299 e. The molecule has 0 aliphatic heterocycles. The summed E-state index contributed by atoms with van der Waals surface area (Å²) in [4.78, 5) is 7.94. The molecule has 4 rings (SSSR count). The minimum atomic E-state index is -3.67. The number of nitrogens with zero attached hydrogens (tertiary/aromatic N) is 6. The van der Waals surface area contributed by atoms with Crippen LogP contribution in [0.15, 0.2) is 61.2 Å². The van der Waals surface area contributed by atoms with Crippen molar-refractivity contribution in [1.29, 1.82) is 0 Å². The molecule has 0 fully saturated rings. The standard InChI is InChI=1S/C20H13ClF4N6/c21-13-3-1-12(2-4-13)18-8-27-19(9-26-18)20(24,25)16(10-31-11-28-29-30-31)15-6-5-14(22)7-17(15)23/h1-9,11,16H,10H2. The predicted octanol–water partition coefficient (Wildman–Crippen LogP) is 4.64. The van der Waals surface area contributed by atoms with Gasteiger partial charge in [0.1, 0.15) is 23.7 Å². The monoisotopic (exact) mass is 448 g/mol. The van der Waals surface area contributed by atoms with Crippen molar-refractivity contribution in [2.45, 2.75) is 18.4 Å². The maximum atomic E-state index is 15.5. The van der Waals surface area contributed by atoms with Gasteiger partial charge in [-0.05, 0) is 34.2 Å². The molecule has 31 heavy (non-hydrogen) atoms. The summed E-state index contributed by atoms with van der Waals surface area (Å²) < 4.78 is 59.8. The summed E-state index contributed by atoms with van der Waals surface area (Å²) in [7, 11) is 0. The van der Waals surface area contributed by atoms with E-state index in [0.717, 1.165) is 29.3 Å². The fraction of sp³-hybridized carbons (Fsp3) is 0.150. The Kier molecular flexibility index (Phi) is 5.64. The number of benzene rings is 2. The summed E-state index contributed by atoms with van der Waals surface area (Å²) >= 11 is 5.85. The van der Waals surface area contributed by atoms with Gasteiger partial charge in [0.25, 0.3) is 5.92 Å². The Morgan fingerprint density at radius 3 is 2.39 bits per heavy atom. The molecular formula is C20H13ClF4N6. The number of hydrogen-bond acceptors (Lipinski definition) is 5. The van der Waals surface area contributed by atoms with E-state index < -0.39 is 41.3 Å². The lowest BCUT2D eigenvalue weighted by molar-refractivity contribution is -0.0458. The zero-order chi connectivity index (χ0) is 22.0. The third kappa shape index (κ3) is 4.38. The number of hydrogen-bond donors (Lipinski definition) is 0. The highest BCUT2D eigenvalue weighted by Crippen LogP contribution is 2.43. The zero-order valence-electron chi connectivity index (χ0n) is 15.6. The second-order valence-corrected chi connectivity index (χ2v) is 7.10. The van der Waals surface area contributed by atoms with Crippen molar-refractivity contribution in [3.63, 3.8) is 0 Å². The maximum absolute atomic E-state index is 15.5. The van der Waals surface area contributed by atoms with Crippen LogP contribution in [0, 0.1) is 11.6 Å². The highest BCUT2D eigenvalue weighted by Gasteiger charge is 2.45. The van der Waals surface area contributed by atoms with E-state index in [1.165, 1.54) is 6.20 Å². The van der Waals surface area contributed by atoms with E-state index in [-0.39, 0.29) is 0 Å². The first-order valence-corrected chi connectivity index (χ1v) is 9.34. The predicted molar refractivity (Wildman–Crippen MR) is 103 cm³/mol. The van der Waals surface area contributed by atoms with Gasteiger partial charge >= 0.3 is 0 Å². The maximum Gasteiger partial charge on any atom is 0.299 e. The SMILES string of the molecule is Fc1ccc(C(Cn2cnnn2)C(F)(F)c2cnc(-c3ccc(Cl)cc3)cn2)c(F)c1. The van der Waals surface area contributed by atoms with Crippen molar-refractivity contribution >= 4 is 11.6 Å². The highest BCUT2D eigenvalue weighted by atomic mass is 35.5. The van der Waals surface area contributed by atoms with E-state index in [1.54, 1.807) is 24.3 Å². The fourth-order valence-electron chi connectivity index (χ4n) is 3.09. The molecule has 11 heteroatoms. The van der Waals surface area contributed by atoms with Crippen LogP contribution in [-0.4, -0.2) is 30.2 Å². The Balaban J connectivity index is 1.71. The Morgan fingerprint density at radius 1 is 1.00 bits per heavy atom. The molecule has 1 unspecified atom stereocenters. The smallest absolute Gasteiger partial charge is 0.252 e. The molecule has 0 saturated heterocycles. The van der Waals surface area contributed by atoms with Crippen LogP contribution in [-0.2, 0) is 12.5 Å². The Bertz CT molecular complexity index is 1170. The third-order valence-corrected chi connectivity index (χ3v) is 4.92. The number of aromatic nitrogens is 6. The van der Waals surface area contributed by atoms with Gasteiger partial charge < -0.3 is 0 Å². The molecule has 1 atom stereocenters. The second-order valence-electron chi connectivity index (χ2n) is 6.67. The molecule has 0 aliphatic carbocycles. The quantitative estimate of drug-likeness (QED) is 0.402. The van der Waals surface area contributed by atoms with Crippen molar-refractivity contribution < 1.29 is 17.6 Å². The molecule has 2 heterocycles. The van der Waals surface area contributed by atoms with Crippen molar-refractivity contribution in [2.75, 3.05) is 0 Å². The molecular weight excluding hydrogens is 436 g/mol. The third-order valence-electron chi connectivity index (χ3n) is 4.67. The molecule has 0 aliphatic rings. The summed E-state index contributed by atoms with van der Waals surface area (Å²) in [6.45, 7) is -0.469. The molecule has 0 spiro atoms. The summed E-state index contributed by atoms with van der Waals surface area (Å²) in [5, 5.41) is 10.9. The van der Waals surface area contributed by atoms with Gasteiger partial charge in [0.05, 0.1) is 30.6 Å². The van der Waals surface area contributed by atoms with Gasteiger partial charge in [-0.15, -0.1) is 5.10 Å². The van der Waals surface area contributed by atoms with E-state index >= 15 is 8.78 Å². The molecule has 0 N–H and O–H groups in total. The van der Waals surface area contributed by atoms with E-state index in [2.05, 4.69) is 25.5 Å². The molecule has 6 nitrogen and oxygen atoms in total. The molecule has 2 aromatic heterocycles. The first-order chi connectivity index (χ1) is 14.8. The second kappa shape index (κ2) is 8.38. The number of alkyl halides is 2. The van der Waals surface area contributed by atoms with Crippen molar-refractivity contribution in [2.24, 2.45) is 0 Å². The van der Waals surface area contributed by atoms with Gasteiger partial charge in [-0.2, -0.15) is 8.78 Å². The minimum absolute atomic E-state index is 0.362. The molecule has 0 radical (unpaired) electrons. The van der Waals surface area contributed by atoms with Crippen molar-refractivity contribution in [3.05, 3.63) is 89.1 Å². The number of rotatable bonds is 6. The Labute approximate surface area is 178 Å². The van der Waals surface area contributed by atoms with Crippen LogP contribution in [0.3, 0.4) is 0 Å². The molecule has 158 valence electrons. The lowest BCUT2D eigenvalue weighted by Gasteiger charge is -2.26. The van der Waals surface area contributed by atoms with Crippen LogP contribution in [0.25, 0.3) is 11.3 Å². The first-order valence-electron chi connectivity index (χ1n) is 8.96. The van der Waals surface area contributed by atoms with Crippen molar-refractivity contribution in [3.8, 4) is 11.3 Å². The van der Waals surface area contributed by atoms with E-state index in [4.69, 9.17) is 11.6 Å². The lowest BCUT2D eigenvalue weighted by atomic mass is 9.90. The van der Waals surface area contributed by atoms with Gasteiger partial charge in [0, 0.05) is 16.7 Å². The van der Waals surface area contributed by atoms with Crippen LogP contribution in [0.5, 0.6) is 0 Å². The number of tetrazole rings is 1. The van der Waals surface area contributed by atoms with Gasteiger partial charge in [0.15, 0.2) is 0 Å². The van der Waals surface area contributed by atoms with Gasteiger partial charge in [0.2, 0.25) is 0 Å². The molecule has 0 saturated carbocycles. The zero-order valence-corrected chi connectivity index (χ0v) is 16.4.